The van der Waals surface area contributed by atoms with Gasteiger partial charge in [0.1, 0.15) is 11.9 Å². The first-order valence-corrected chi connectivity index (χ1v) is 10.8. The summed E-state index contributed by atoms with van der Waals surface area (Å²) in [7, 11) is 0. The molecule has 3 saturated carbocycles. The number of hydrogen-bond acceptors (Lipinski definition) is 6. The van der Waals surface area contributed by atoms with E-state index >= 15 is 0 Å². The average Bonchev–Trinajstić information content (AvgIpc) is 3.19. The molecule has 0 radical (unpaired) electrons. The molecule has 2 N–H and O–H groups in total. The maximum atomic E-state index is 9.34. The van der Waals surface area contributed by atoms with Gasteiger partial charge in [0.15, 0.2) is 0 Å². The zero-order valence-electron chi connectivity index (χ0n) is 16.3. The molecular weight excluding hydrogens is 364 g/mol. The summed E-state index contributed by atoms with van der Waals surface area (Å²) in [6, 6.07) is 8.08. The highest BCUT2D eigenvalue weighted by molar-refractivity contribution is 5.67. The number of nitriles is 1. The molecule has 7 heteroatoms. The summed E-state index contributed by atoms with van der Waals surface area (Å²) in [6.07, 6.45) is 6.76. The molecule has 8 rings (SSSR count). The summed E-state index contributed by atoms with van der Waals surface area (Å²) in [5.41, 5.74) is 9.82. The Balaban J connectivity index is 1.30. The monoisotopic (exact) mass is 388 g/mol. The van der Waals surface area contributed by atoms with Gasteiger partial charge in [-0.1, -0.05) is 12.8 Å². The first-order valence-electron chi connectivity index (χ1n) is 10.8. The van der Waals surface area contributed by atoms with Gasteiger partial charge in [-0.25, -0.2) is 4.98 Å². The highest BCUT2D eigenvalue weighted by Crippen LogP contribution is 2.86. The van der Waals surface area contributed by atoms with Gasteiger partial charge in [-0.3, -0.25) is 9.58 Å². The molecule has 0 aromatic carbocycles. The Labute approximate surface area is 169 Å². The van der Waals surface area contributed by atoms with Crippen LogP contribution in [0.4, 0.5) is 5.82 Å². The van der Waals surface area contributed by atoms with Gasteiger partial charge in [0, 0.05) is 35.5 Å². The maximum absolute atomic E-state index is 9.34. The molecule has 2 unspecified atom stereocenters. The van der Waals surface area contributed by atoms with Gasteiger partial charge in [-0.15, -0.1) is 0 Å². The second-order valence-corrected chi connectivity index (χ2v) is 9.46. The van der Waals surface area contributed by atoms with Crippen molar-refractivity contribution < 1.29 is 4.74 Å². The molecule has 6 fully saturated rings. The fraction of sp³-hybridized carbons (Fsp3) is 0.591. The van der Waals surface area contributed by atoms with Crippen LogP contribution in [0.3, 0.4) is 0 Å². The molecule has 5 heterocycles. The minimum absolute atomic E-state index is 0.283. The van der Waals surface area contributed by atoms with Crippen LogP contribution in [0.1, 0.15) is 43.0 Å². The second kappa shape index (κ2) is 5.38. The molecule has 7 nitrogen and oxygen atoms in total. The lowest BCUT2D eigenvalue weighted by Crippen LogP contribution is -2.48. The number of aromatic nitrogens is 3. The minimum atomic E-state index is 0.283. The van der Waals surface area contributed by atoms with Crippen LogP contribution >= 0.6 is 0 Å². The molecule has 148 valence electrons. The lowest BCUT2D eigenvalue weighted by molar-refractivity contribution is -0.0601. The normalized spacial score (nSPS) is 35.3. The molecule has 6 aliphatic rings. The van der Waals surface area contributed by atoms with Gasteiger partial charge in [0.25, 0.3) is 0 Å². The van der Waals surface area contributed by atoms with Gasteiger partial charge in [0.2, 0.25) is 0 Å². The van der Waals surface area contributed by atoms with Crippen molar-refractivity contribution in [1.82, 2.24) is 19.7 Å². The number of nitrogen functional groups attached to an aromatic ring is 1. The van der Waals surface area contributed by atoms with Gasteiger partial charge in [0.05, 0.1) is 36.6 Å². The highest BCUT2D eigenvalue weighted by atomic mass is 16.5. The number of piperidine rings is 1. The van der Waals surface area contributed by atoms with Crippen molar-refractivity contribution in [3.8, 4) is 17.3 Å². The lowest BCUT2D eigenvalue weighted by atomic mass is 10.0. The first kappa shape index (κ1) is 16.4. The van der Waals surface area contributed by atoms with Gasteiger partial charge < -0.3 is 10.5 Å². The smallest absolute Gasteiger partial charge is 0.141 e. The molecule has 3 saturated heterocycles. The van der Waals surface area contributed by atoms with Gasteiger partial charge in [-0.05, 0) is 36.8 Å². The number of ether oxygens (including phenoxy) is 1. The number of nitrogens with two attached hydrogens (primary N) is 1. The topological polar surface area (TPSA) is 93.0 Å². The SMILES string of the molecule is N#Cc1cc(-c2cc(C34C5[C@H]3[C@H]4CN5C3COC3)n(C3CCCC3)n2)cnc1N. The zero-order chi connectivity index (χ0) is 19.3. The van der Waals surface area contributed by atoms with E-state index in [1.54, 1.807) is 6.20 Å². The minimum Gasteiger partial charge on any atom is -0.383 e. The largest absolute Gasteiger partial charge is 0.383 e. The molecule has 3 aliphatic carbocycles. The number of anilines is 1. The van der Waals surface area contributed by atoms with E-state index < -0.39 is 0 Å². The standard InChI is InChI=1S/C22H24N6O/c23-7-12-5-13(8-25-21(12)24)17-6-18(28(26-17)14-3-1-2-4-14)22-16-9-27(15-10-29-11-15)20(22)19(16)22/h5-6,8,14-16,19-20H,1-4,9-11H2,(H2,24,25)/t16-,19-,20?,22?/m1/s1. The maximum Gasteiger partial charge on any atom is 0.141 e. The van der Waals surface area contributed by atoms with Crippen molar-refractivity contribution in [3.05, 3.63) is 29.6 Å². The van der Waals surface area contributed by atoms with E-state index in [9.17, 15) is 5.26 Å². The highest BCUT2D eigenvalue weighted by Gasteiger charge is 2.94. The van der Waals surface area contributed by atoms with E-state index in [2.05, 4.69) is 26.7 Å². The van der Waals surface area contributed by atoms with Crippen molar-refractivity contribution in [2.45, 2.75) is 49.2 Å². The Morgan fingerprint density at radius 2 is 2.03 bits per heavy atom. The van der Waals surface area contributed by atoms with Crippen molar-refractivity contribution in [3.63, 3.8) is 0 Å². The molecule has 2 bridgehead atoms. The summed E-state index contributed by atoms with van der Waals surface area (Å²) < 4.78 is 7.82. The third kappa shape index (κ3) is 1.94. The lowest BCUT2D eigenvalue weighted by Gasteiger charge is -2.34. The molecular formula is C22H24N6O. The molecule has 0 amide bonds. The van der Waals surface area contributed by atoms with Crippen LogP contribution in [0.25, 0.3) is 11.3 Å². The van der Waals surface area contributed by atoms with E-state index in [0.29, 0.717) is 29.1 Å². The molecule has 0 spiro atoms. The van der Waals surface area contributed by atoms with E-state index in [-0.39, 0.29) is 5.82 Å². The summed E-state index contributed by atoms with van der Waals surface area (Å²) in [5.74, 6) is 1.88. The van der Waals surface area contributed by atoms with Crippen LogP contribution < -0.4 is 5.73 Å². The first-order chi connectivity index (χ1) is 14.2. The third-order valence-electron chi connectivity index (χ3n) is 8.25. The van der Waals surface area contributed by atoms with Crippen LogP contribution in [0.2, 0.25) is 0 Å². The van der Waals surface area contributed by atoms with Gasteiger partial charge >= 0.3 is 0 Å². The Morgan fingerprint density at radius 3 is 2.72 bits per heavy atom. The fourth-order valence-corrected chi connectivity index (χ4v) is 6.63. The number of hydrogen-bond donors (Lipinski definition) is 1. The quantitative estimate of drug-likeness (QED) is 0.862. The molecule has 2 aromatic heterocycles. The molecule has 2 aromatic rings. The number of nitrogens with zero attached hydrogens (tertiary/aromatic N) is 5. The van der Waals surface area contributed by atoms with Crippen LogP contribution in [-0.4, -0.2) is 51.5 Å². The van der Waals surface area contributed by atoms with Crippen LogP contribution in [0.15, 0.2) is 18.3 Å². The second-order valence-electron chi connectivity index (χ2n) is 9.46. The van der Waals surface area contributed by atoms with Crippen LogP contribution in [0.5, 0.6) is 0 Å². The Hall–Kier alpha value is -2.43. The number of pyridine rings is 1. The predicted molar refractivity (Wildman–Crippen MR) is 106 cm³/mol. The van der Waals surface area contributed by atoms with Crippen molar-refractivity contribution in [2.75, 3.05) is 25.5 Å². The number of rotatable bonds is 4. The zero-order valence-corrected chi connectivity index (χ0v) is 16.3. The van der Waals surface area contributed by atoms with E-state index in [0.717, 1.165) is 36.3 Å². The van der Waals surface area contributed by atoms with E-state index in [1.807, 2.05) is 6.07 Å². The third-order valence-corrected chi connectivity index (χ3v) is 8.25. The summed E-state index contributed by atoms with van der Waals surface area (Å²) >= 11 is 0. The van der Waals surface area contributed by atoms with Crippen molar-refractivity contribution >= 4 is 5.82 Å². The Bertz CT molecular complexity index is 1060. The fourth-order valence-electron chi connectivity index (χ4n) is 6.63. The Morgan fingerprint density at radius 1 is 1.21 bits per heavy atom. The van der Waals surface area contributed by atoms with Crippen LogP contribution in [-0.2, 0) is 10.2 Å². The molecule has 29 heavy (non-hydrogen) atoms. The van der Waals surface area contributed by atoms with Crippen molar-refractivity contribution in [1.29, 1.82) is 5.26 Å². The average molecular weight is 388 g/mol. The predicted octanol–water partition coefficient (Wildman–Crippen LogP) is 2.09. The van der Waals surface area contributed by atoms with E-state index in [1.165, 1.54) is 37.9 Å². The molecule has 4 atom stereocenters. The summed E-state index contributed by atoms with van der Waals surface area (Å²) in [6.45, 7) is 3.01. The number of fused-ring (bicyclic) bond motifs is 1. The molecule has 3 aliphatic heterocycles. The van der Waals surface area contributed by atoms with Crippen LogP contribution in [0, 0.1) is 23.2 Å². The van der Waals surface area contributed by atoms with Gasteiger partial charge in [-0.2, -0.15) is 10.4 Å². The van der Waals surface area contributed by atoms with E-state index in [4.69, 9.17) is 15.6 Å². The summed E-state index contributed by atoms with van der Waals surface area (Å²) in [4.78, 5) is 6.94. The Kier molecular flexibility index (Phi) is 3.04. The summed E-state index contributed by atoms with van der Waals surface area (Å²) in [5, 5.41) is 14.4. The van der Waals surface area contributed by atoms with Crippen molar-refractivity contribution in [2.24, 2.45) is 11.8 Å².